The van der Waals surface area contributed by atoms with Crippen LogP contribution in [0.25, 0.3) is 22.0 Å². The van der Waals surface area contributed by atoms with Crippen LogP contribution in [0.3, 0.4) is 0 Å². The van der Waals surface area contributed by atoms with Crippen molar-refractivity contribution in [2.45, 2.75) is 38.8 Å². The minimum atomic E-state index is -0.582. The van der Waals surface area contributed by atoms with E-state index in [1.165, 1.54) is 6.07 Å². The largest absolute Gasteiger partial charge is 1.00 e. The first-order valence-corrected chi connectivity index (χ1v) is 11.5. The van der Waals surface area contributed by atoms with Crippen LogP contribution in [0, 0.1) is 11.9 Å². The summed E-state index contributed by atoms with van der Waals surface area (Å²) < 4.78 is 20.5. The minimum absolute atomic E-state index is 0. The third kappa shape index (κ3) is 4.91. The van der Waals surface area contributed by atoms with Gasteiger partial charge in [0, 0.05) is 35.3 Å². The zero-order valence-corrected chi connectivity index (χ0v) is 20.9. The van der Waals surface area contributed by atoms with E-state index in [9.17, 15) is 9.59 Å². The fourth-order valence-corrected chi connectivity index (χ4v) is 4.77. The summed E-state index contributed by atoms with van der Waals surface area (Å²) in [5.74, 6) is -0.735. The fourth-order valence-electron chi connectivity index (χ4n) is 4.56. The van der Waals surface area contributed by atoms with Crippen molar-refractivity contribution < 1.29 is 37.6 Å². The maximum absolute atomic E-state index is 15.1. The molecule has 0 saturated carbocycles. The summed E-state index contributed by atoms with van der Waals surface area (Å²) in [5.41, 5.74) is 1.40. The van der Waals surface area contributed by atoms with Crippen LogP contribution in [0.1, 0.15) is 37.6 Å². The van der Waals surface area contributed by atoms with Crippen molar-refractivity contribution >= 4 is 34.5 Å². The molecule has 9 heteroatoms. The fraction of sp³-hybridized carbons (Fsp3) is 0.308. The molecule has 0 aliphatic carbocycles. The Morgan fingerprint density at radius 2 is 1.94 bits per heavy atom. The molecule has 176 valence electrons. The second-order valence-electron chi connectivity index (χ2n) is 9.67. The molecule has 0 spiro atoms. The molecule has 0 N–H and O–H groups in total. The van der Waals surface area contributed by atoms with Crippen LogP contribution in [0.2, 0.25) is 5.02 Å². The second-order valence-corrected chi connectivity index (χ2v) is 10.1. The van der Waals surface area contributed by atoms with Gasteiger partial charge in [0.1, 0.15) is 11.4 Å². The number of fused-ring (bicyclic) bond motifs is 3. The average Bonchev–Trinajstić information content (AvgIpc) is 3.38. The Hall–Kier alpha value is -2.59. The molecule has 3 aromatic rings. The molecule has 2 saturated heterocycles. The van der Waals surface area contributed by atoms with E-state index in [1.54, 1.807) is 46.3 Å². The molecular formula is C26H24ClFLiN3O3. The maximum atomic E-state index is 15.1. The van der Waals surface area contributed by atoms with Crippen LogP contribution in [-0.2, 0) is 4.74 Å². The first-order valence-electron chi connectivity index (χ1n) is 11.1. The summed E-state index contributed by atoms with van der Waals surface area (Å²) >= 11 is 6.20. The van der Waals surface area contributed by atoms with Crippen LogP contribution in [0.4, 0.5) is 9.18 Å². The summed E-state index contributed by atoms with van der Waals surface area (Å²) in [4.78, 5) is 33.2. The van der Waals surface area contributed by atoms with E-state index in [2.05, 4.69) is 4.98 Å². The number of piperazine rings is 1. The normalized spacial score (nSPS) is 17.6. The van der Waals surface area contributed by atoms with Crippen molar-refractivity contribution in [3.63, 3.8) is 0 Å². The monoisotopic (exact) mass is 487 g/mol. The van der Waals surface area contributed by atoms with Crippen molar-refractivity contribution in [2.75, 3.05) is 13.1 Å². The number of rotatable bonds is 2. The molecule has 2 bridgehead atoms. The van der Waals surface area contributed by atoms with Gasteiger partial charge in [0.25, 0.3) is 5.91 Å². The zero-order chi connectivity index (χ0) is 24.2. The van der Waals surface area contributed by atoms with E-state index in [0.717, 1.165) is 11.4 Å². The van der Waals surface area contributed by atoms with Gasteiger partial charge in [0.15, 0.2) is 0 Å². The summed E-state index contributed by atoms with van der Waals surface area (Å²) in [5, 5.41) is 1.38. The predicted molar refractivity (Wildman–Crippen MR) is 128 cm³/mol. The Balaban J connectivity index is 0.00000289. The number of pyridine rings is 1. The molecule has 2 aliphatic heterocycles. The number of carbonyl (C=O) groups is 2. The average molecular weight is 488 g/mol. The molecule has 2 aromatic carbocycles. The molecule has 2 fully saturated rings. The number of hydrogen-bond donors (Lipinski definition) is 0. The summed E-state index contributed by atoms with van der Waals surface area (Å²) in [6, 6.07) is 12.3. The van der Waals surface area contributed by atoms with Crippen LogP contribution in [0.5, 0.6) is 0 Å². The Morgan fingerprint density at radius 1 is 1.17 bits per heavy atom. The zero-order valence-electron chi connectivity index (χ0n) is 20.1. The van der Waals surface area contributed by atoms with Crippen LogP contribution in [0.15, 0.2) is 48.7 Å². The number of likely N-dealkylation sites (tertiary alicyclic amines) is 2. The van der Waals surface area contributed by atoms with Gasteiger partial charge in [-0.25, -0.2) is 9.18 Å². The number of nitrogens with zero attached hydrogens (tertiary/aromatic N) is 3. The molecule has 6 nitrogen and oxygen atoms in total. The summed E-state index contributed by atoms with van der Waals surface area (Å²) in [7, 11) is 0. The number of carbonyl (C=O) groups excluding carboxylic acids is 2. The Bertz CT molecular complexity index is 1310. The van der Waals surface area contributed by atoms with Gasteiger partial charge < -0.3 is 14.5 Å². The van der Waals surface area contributed by atoms with Gasteiger partial charge in [-0.3, -0.25) is 9.78 Å². The minimum Gasteiger partial charge on any atom is -0.452 e. The number of hydrogen-bond acceptors (Lipinski definition) is 4. The number of benzene rings is 2. The van der Waals surface area contributed by atoms with Crippen molar-refractivity contribution in [1.29, 1.82) is 0 Å². The number of amides is 2. The van der Waals surface area contributed by atoms with Crippen molar-refractivity contribution in [2.24, 2.45) is 0 Å². The number of aromatic nitrogens is 1. The van der Waals surface area contributed by atoms with E-state index >= 15 is 4.39 Å². The molecule has 2 amide bonds. The van der Waals surface area contributed by atoms with Crippen LogP contribution in [-0.4, -0.2) is 51.5 Å². The quantitative estimate of drug-likeness (QED) is 0.412. The topological polar surface area (TPSA) is 62.7 Å². The smallest absolute Gasteiger partial charge is 0.452 e. The van der Waals surface area contributed by atoms with Gasteiger partial charge in [0.05, 0.1) is 10.5 Å². The molecule has 1 atom stereocenters. The van der Waals surface area contributed by atoms with Gasteiger partial charge in [-0.1, -0.05) is 36.3 Å². The van der Waals surface area contributed by atoms with Crippen LogP contribution >= 0.6 is 11.6 Å². The van der Waals surface area contributed by atoms with Crippen LogP contribution < -0.4 is 18.9 Å². The van der Waals surface area contributed by atoms with E-state index < -0.39 is 17.5 Å². The third-order valence-electron chi connectivity index (χ3n) is 6.13. The molecular weight excluding hydrogens is 464 g/mol. The Morgan fingerprint density at radius 3 is 2.60 bits per heavy atom. The molecule has 3 heterocycles. The standard InChI is InChI=1S/C26H24ClFN3O3.Li/c1-26(2,3)34-25(33)31-14-17-12-18(31)13-30(17)24(32)16-5-6-19(22(28)10-16)15-4-7-20-21(27)8-9-29-23(20)11-15;/h4-11,17H,12-14H2,1-3H3;/q-1;+1/t17-;/m0./s1. The molecule has 0 radical (unpaired) electrons. The predicted octanol–water partition coefficient (Wildman–Crippen LogP) is 2.70. The molecule has 2 aliphatic rings. The summed E-state index contributed by atoms with van der Waals surface area (Å²) in [6.45, 7) is 6.19. The van der Waals surface area contributed by atoms with E-state index in [4.69, 9.17) is 16.3 Å². The van der Waals surface area contributed by atoms with Gasteiger partial charge >= 0.3 is 25.0 Å². The molecule has 0 unspecified atom stereocenters. The Kier molecular flexibility index (Phi) is 6.89. The summed E-state index contributed by atoms with van der Waals surface area (Å²) in [6.07, 6.45) is 1.84. The SMILES string of the molecule is CC(C)(C)OC(=O)N1C[C@@H]2C[C-]1CN2C(=O)c1ccc(-c2ccc3c(Cl)ccnc3c2)c(F)c1.[Li+]. The second kappa shape index (κ2) is 9.46. The number of ether oxygens (including phenoxy) is 1. The molecule has 35 heavy (non-hydrogen) atoms. The van der Waals surface area contributed by atoms with Crippen molar-refractivity contribution in [1.82, 2.24) is 14.8 Å². The van der Waals surface area contributed by atoms with E-state index in [1.807, 2.05) is 26.8 Å². The molecule has 5 rings (SSSR count). The maximum Gasteiger partial charge on any atom is 1.00 e. The molecule has 1 aromatic heterocycles. The first-order chi connectivity index (χ1) is 16.1. The Labute approximate surface area is 220 Å². The van der Waals surface area contributed by atoms with Gasteiger partial charge in [-0.05, 0) is 50.6 Å². The van der Waals surface area contributed by atoms with Crippen molar-refractivity contribution in [3.8, 4) is 11.1 Å². The number of halogens is 2. The van der Waals surface area contributed by atoms with Gasteiger partial charge in [-0.2, -0.15) is 6.04 Å². The van der Waals surface area contributed by atoms with Gasteiger partial charge in [-0.15, -0.1) is 6.42 Å². The van der Waals surface area contributed by atoms with Gasteiger partial charge in [0.2, 0.25) is 0 Å². The van der Waals surface area contributed by atoms with E-state index in [0.29, 0.717) is 41.2 Å². The van der Waals surface area contributed by atoms with E-state index in [-0.39, 0.29) is 36.4 Å². The third-order valence-corrected chi connectivity index (χ3v) is 6.46. The van der Waals surface area contributed by atoms with Crippen molar-refractivity contribution in [3.05, 3.63) is 71.1 Å². The first kappa shape index (κ1) is 25.5.